The number of fused-ring (bicyclic) bond motifs is 2. The highest BCUT2D eigenvalue weighted by Crippen LogP contribution is 2.32. The van der Waals surface area contributed by atoms with Crippen LogP contribution in [-0.4, -0.2) is 12.1 Å². The molecule has 0 aromatic rings. The zero-order valence-electron chi connectivity index (χ0n) is 12.2. The van der Waals surface area contributed by atoms with Gasteiger partial charge in [-0.1, -0.05) is 57.9 Å². The lowest BCUT2D eigenvalue weighted by atomic mass is 9.85. The molecule has 2 aliphatic rings. The molecular weight excluding hydrogens is 236 g/mol. The van der Waals surface area contributed by atoms with E-state index in [-0.39, 0.29) is 12.1 Å². The molecule has 0 N–H and O–H groups in total. The molecule has 0 radical (unpaired) electrons. The quantitative estimate of drug-likeness (QED) is 0.465. The summed E-state index contributed by atoms with van der Waals surface area (Å²) in [7, 11) is 0. The highest BCUT2D eigenvalue weighted by Gasteiger charge is 2.31. The molecule has 1 aliphatic carbocycles. The van der Waals surface area contributed by atoms with Crippen molar-refractivity contribution in [3.05, 3.63) is 12.2 Å². The number of rotatable bonds is 0. The lowest BCUT2D eigenvalue weighted by molar-refractivity contribution is -0.150. The minimum absolute atomic E-state index is 0.131. The number of hydrogen-bond donors (Lipinski definition) is 0. The van der Waals surface area contributed by atoms with Crippen LogP contribution in [0.4, 0.5) is 0 Å². The van der Waals surface area contributed by atoms with E-state index in [9.17, 15) is 4.79 Å². The fourth-order valence-corrected chi connectivity index (χ4v) is 3.37. The monoisotopic (exact) mass is 264 g/mol. The second kappa shape index (κ2) is 7.72. The van der Waals surface area contributed by atoms with E-state index in [0.717, 1.165) is 24.8 Å². The Morgan fingerprint density at radius 2 is 1.37 bits per heavy atom. The number of ether oxygens (including phenoxy) is 1. The molecule has 2 rings (SSSR count). The topological polar surface area (TPSA) is 26.3 Å². The molecule has 0 amide bonds. The van der Waals surface area contributed by atoms with Crippen molar-refractivity contribution in [2.75, 3.05) is 0 Å². The summed E-state index contributed by atoms with van der Waals surface area (Å²) in [6.07, 6.45) is 15.3. The van der Waals surface area contributed by atoms with Gasteiger partial charge in [0.25, 0.3) is 0 Å². The van der Waals surface area contributed by atoms with Crippen LogP contribution in [0.25, 0.3) is 0 Å². The minimum atomic E-state index is -0.131. The van der Waals surface area contributed by atoms with Crippen LogP contribution >= 0.6 is 0 Å². The van der Waals surface area contributed by atoms with Crippen LogP contribution < -0.4 is 0 Å². The first kappa shape index (κ1) is 14.6. The van der Waals surface area contributed by atoms with Crippen molar-refractivity contribution in [2.45, 2.75) is 83.2 Å². The van der Waals surface area contributed by atoms with Gasteiger partial charge >= 0.3 is 5.97 Å². The number of hydrogen-bond acceptors (Lipinski definition) is 2. The Morgan fingerprint density at radius 1 is 0.842 bits per heavy atom. The summed E-state index contributed by atoms with van der Waals surface area (Å²) in [5.41, 5.74) is 0.725. The predicted molar refractivity (Wildman–Crippen MR) is 77.9 cm³/mol. The maximum absolute atomic E-state index is 11.8. The van der Waals surface area contributed by atoms with Crippen LogP contribution in [0.3, 0.4) is 0 Å². The Bertz CT molecular complexity index is 308. The lowest BCUT2D eigenvalue weighted by Crippen LogP contribution is -2.31. The highest BCUT2D eigenvalue weighted by atomic mass is 16.5. The molecule has 2 unspecified atom stereocenters. The van der Waals surface area contributed by atoms with Crippen molar-refractivity contribution in [1.82, 2.24) is 0 Å². The molecule has 1 aliphatic heterocycles. The zero-order chi connectivity index (χ0) is 13.5. The van der Waals surface area contributed by atoms with Gasteiger partial charge in [-0.25, -0.2) is 4.79 Å². The Hall–Kier alpha value is -0.790. The summed E-state index contributed by atoms with van der Waals surface area (Å²) in [6, 6.07) is 0. The van der Waals surface area contributed by atoms with Gasteiger partial charge in [-0.15, -0.1) is 0 Å². The molecule has 2 bridgehead atoms. The molecule has 1 saturated heterocycles. The normalized spacial score (nSPS) is 31.4. The third-order valence-corrected chi connectivity index (χ3v) is 4.65. The average molecular weight is 264 g/mol. The molecule has 19 heavy (non-hydrogen) atoms. The first-order valence-corrected chi connectivity index (χ1v) is 8.17. The number of esters is 1. The highest BCUT2D eigenvalue weighted by molar-refractivity contribution is 5.89. The van der Waals surface area contributed by atoms with E-state index in [1.807, 2.05) is 0 Å². The largest absolute Gasteiger partial charge is 0.459 e. The van der Waals surface area contributed by atoms with Gasteiger partial charge in [0.15, 0.2) is 0 Å². The fourth-order valence-electron chi connectivity index (χ4n) is 3.37. The molecule has 2 fully saturated rings. The summed E-state index contributed by atoms with van der Waals surface area (Å²) in [5.74, 6) is 0.252. The molecule has 0 aromatic heterocycles. The van der Waals surface area contributed by atoms with Gasteiger partial charge in [0.2, 0.25) is 0 Å². The summed E-state index contributed by atoms with van der Waals surface area (Å²) < 4.78 is 5.49. The van der Waals surface area contributed by atoms with Gasteiger partial charge in [-0.2, -0.15) is 0 Å². The maximum Gasteiger partial charge on any atom is 0.333 e. The molecule has 1 saturated carbocycles. The second-order valence-electron chi connectivity index (χ2n) is 6.24. The van der Waals surface area contributed by atoms with Gasteiger partial charge in [-0.3, -0.25) is 0 Å². The molecule has 108 valence electrons. The SMILES string of the molecule is C=C1C(=O)OC2CCCCCCCCCCCC1C2. The van der Waals surface area contributed by atoms with Gasteiger partial charge in [-0.05, 0) is 31.6 Å². The Morgan fingerprint density at radius 3 is 2.00 bits per heavy atom. The standard InChI is InChI=1S/C17H28O2/c1-14-15-11-9-7-5-3-2-4-6-8-10-12-16(13-15)19-17(14)18/h15-16H,1-13H2. The number of carbonyl (C=O) groups is 1. The molecule has 2 nitrogen and oxygen atoms in total. The maximum atomic E-state index is 11.8. The summed E-state index contributed by atoms with van der Waals surface area (Å²) in [5, 5.41) is 0. The summed E-state index contributed by atoms with van der Waals surface area (Å²) in [6.45, 7) is 3.94. The fraction of sp³-hybridized carbons (Fsp3) is 0.824. The Labute approximate surface area is 117 Å². The minimum Gasteiger partial charge on any atom is -0.459 e. The van der Waals surface area contributed by atoms with Crippen molar-refractivity contribution in [2.24, 2.45) is 5.92 Å². The Kier molecular flexibility index (Phi) is 5.93. The van der Waals surface area contributed by atoms with Crippen LogP contribution in [0.2, 0.25) is 0 Å². The van der Waals surface area contributed by atoms with Crippen molar-refractivity contribution >= 4 is 5.97 Å². The molecule has 1 heterocycles. The Balaban J connectivity index is 1.89. The van der Waals surface area contributed by atoms with Gasteiger partial charge in [0.05, 0.1) is 0 Å². The molecular formula is C17H28O2. The smallest absolute Gasteiger partial charge is 0.333 e. The first-order valence-electron chi connectivity index (χ1n) is 8.17. The van der Waals surface area contributed by atoms with E-state index in [1.165, 1.54) is 57.8 Å². The van der Waals surface area contributed by atoms with Crippen LogP contribution in [0.15, 0.2) is 12.2 Å². The van der Waals surface area contributed by atoms with E-state index in [1.54, 1.807) is 0 Å². The van der Waals surface area contributed by atoms with E-state index in [4.69, 9.17) is 4.74 Å². The number of carbonyl (C=O) groups excluding carboxylic acids is 1. The van der Waals surface area contributed by atoms with Crippen molar-refractivity contribution in [1.29, 1.82) is 0 Å². The van der Waals surface area contributed by atoms with Crippen molar-refractivity contribution in [3.8, 4) is 0 Å². The molecule has 0 spiro atoms. The first-order chi connectivity index (χ1) is 9.27. The van der Waals surface area contributed by atoms with Crippen LogP contribution in [-0.2, 0) is 9.53 Å². The van der Waals surface area contributed by atoms with E-state index < -0.39 is 0 Å². The van der Waals surface area contributed by atoms with Gasteiger partial charge in [0, 0.05) is 5.57 Å². The molecule has 0 aromatic carbocycles. The van der Waals surface area contributed by atoms with Crippen LogP contribution in [0, 0.1) is 5.92 Å². The lowest BCUT2D eigenvalue weighted by Gasteiger charge is -2.30. The van der Waals surface area contributed by atoms with E-state index in [2.05, 4.69) is 6.58 Å². The zero-order valence-corrected chi connectivity index (χ0v) is 12.2. The van der Waals surface area contributed by atoms with E-state index >= 15 is 0 Å². The van der Waals surface area contributed by atoms with Crippen LogP contribution in [0.1, 0.15) is 77.0 Å². The third-order valence-electron chi connectivity index (χ3n) is 4.65. The molecule has 2 atom stereocenters. The van der Waals surface area contributed by atoms with Gasteiger partial charge < -0.3 is 4.74 Å². The van der Waals surface area contributed by atoms with Gasteiger partial charge in [0.1, 0.15) is 6.10 Å². The van der Waals surface area contributed by atoms with Crippen molar-refractivity contribution in [3.63, 3.8) is 0 Å². The van der Waals surface area contributed by atoms with E-state index in [0.29, 0.717) is 5.92 Å². The van der Waals surface area contributed by atoms with Crippen molar-refractivity contribution < 1.29 is 9.53 Å². The second-order valence-corrected chi connectivity index (χ2v) is 6.24. The third kappa shape index (κ3) is 4.67. The molecule has 2 heteroatoms. The average Bonchev–Trinajstić information content (AvgIpc) is 2.40. The predicted octanol–water partition coefficient (Wildman–Crippen LogP) is 4.78. The summed E-state index contributed by atoms with van der Waals surface area (Å²) in [4.78, 5) is 11.8. The van der Waals surface area contributed by atoms with Crippen LogP contribution in [0.5, 0.6) is 0 Å². The summed E-state index contributed by atoms with van der Waals surface area (Å²) >= 11 is 0.